The molecule has 2 heterocycles. The standard InChI is InChI=1S/C22H26Cl2N4O/c1-29-12-11-28-20-14-18(24)17(23)13-19(20)27-22(7-9-25-10-8-22)21(28)26-15-16-5-3-2-4-6-16/h2-6,13-14,25,27H,7-12,15H2,1H3/b26-21+. The van der Waals surface area contributed by atoms with E-state index in [1.54, 1.807) is 7.11 Å². The molecular formula is C22H26Cl2N4O. The fourth-order valence-electron chi connectivity index (χ4n) is 4.14. The number of hydrogen-bond donors (Lipinski definition) is 2. The molecule has 2 aliphatic heterocycles. The SMILES string of the molecule is COCCN1/C(=N/Cc2ccccc2)C2(CCNCC2)Nc2cc(Cl)c(Cl)cc21. The van der Waals surface area contributed by atoms with E-state index in [0.29, 0.717) is 29.7 Å². The highest BCUT2D eigenvalue weighted by atomic mass is 35.5. The lowest BCUT2D eigenvalue weighted by molar-refractivity contribution is 0.207. The molecule has 0 atom stereocenters. The van der Waals surface area contributed by atoms with Gasteiger partial charge in [0.05, 0.1) is 40.1 Å². The number of rotatable bonds is 5. The molecule has 5 nitrogen and oxygen atoms in total. The molecule has 4 rings (SSSR count). The highest BCUT2D eigenvalue weighted by molar-refractivity contribution is 6.42. The average molecular weight is 433 g/mol. The van der Waals surface area contributed by atoms with E-state index in [2.05, 4.69) is 39.8 Å². The van der Waals surface area contributed by atoms with E-state index in [-0.39, 0.29) is 5.54 Å². The van der Waals surface area contributed by atoms with E-state index in [4.69, 9.17) is 32.9 Å². The smallest absolute Gasteiger partial charge is 0.130 e. The first-order valence-corrected chi connectivity index (χ1v) is 10.7. The van der Waals surface area contributed by atoms with Gasteiger partial charge in [0, 0.05) is 13.7 Å². The van der Waals surface area contributed by atoms with Gasteiger partial charge in [-0.2, -0.15) is 0 Å². The first kappa shape index (κ1) is 20.5. The first-order valence-electron chi connectivity index (χ1n) is 9.96. The Hall–Kier alpha value is -1.79. The summed E-state index contributed by atoms with van der Waals surface area (Å²) in [6, 6.07) is 14.2. The number of nitrogens with one attached hydrogen (secondary N) is 2. The second kappa shape index (κ2) is 8.92. The van der Waals surface area contributed by atoms with Crippen LogP contribution < -0.4 is 15.5 Å². The van der Waals surface area contributed by atoms with Crippen LogP contribution in [0.3, 0.4) is 0 Å². The molecule has 2 N–H and O–H groups in total. The van der Waals surface area contributed by atoms with E-state index in [9.17, 15) is 0 Å². The minimum absolute atomic E-state index is 0.238. The Morgan fingerprint density at radius 2 is 1.83 bits per heavy atom. The number of nitrogens with zero attached hydrogens (tertiary/aromatic N) is 2. The van der Waals surface area contributed by atoms with Crippen LogP contribution >= 0.6 is 23.2 Å². The number of ether oxygens (including phenoxy) is 1. The van der Waals surface area contributed by atoms with Crippen molar-refractivity contribution in [3.63, 3.8) is 0 Å². The van der Waals surface area contributed by atoms with Gasteiger partial charge in [-0.25, -0.2) is 0 Å². The zero-order chi connectivity index (χ0) is 20.3. The van der Waals surface area contributed by atoms with Gasteiger partial charge >= 0.3 is 0 Å². The van der Waals surface area contributed by atoms with Crippen molar-refractivity contribution < 1.29 is 4.74 Å². The normalized spacial score (nSPS) is 19.3. The number of halogens is 2. The quantitative estimate of drug-likeness (QED) is 0.724. The molecule has 0 bridgehead atoms. The van der Waals surface area contributed by atoms with Crippen LogP contribution in [0.2, 0.25) is 10.0 Å². The van der Waals surface area contributed by atoms with Gasteiger partial charge in [0.2, 0.25) is 0 Å². The summed E-state index contributed by atoms with van der Waals surface area (Å²) in [5.41, 5.74) is 2.94. The van der Waals surface area contributed by atoms with Gasteiger partial charge in [0.25, 0.3) is 0 Å². The Balaban J connectivity index is 1.80. The topological polar surface area (TPSA) is 48.9 Å². The second-order valence-corrected chi connectivity index (χ2v) is 8.32. The fourth-order valence-corrected chi connectivity index (χ4v) is 4.46. The maximum absolute atomic E-state index is 6.38. The number of hydrogen-bond acceptors (Lipinski definition) is 4. The van der Waals surface area contributed by atoms with Crippen molar-refractivity contribution in [2.45, 2.75) is 24.9 Å². The Bertz CT molecular complexity index is 882. The van der Waals surface area contributed by atoms with Gasteiger partial charge in [-0.3, -0.25) is 4.99 Å². The largest absolute Gasteiger partial charge is 0.383 e. The van der Waals surface area contributed by atoms with Crippen LogP contribution in [0.15, 0.2) is 47.5 Å². The third-order valence-electron chi connectivity index (χ3n) is 5.62. The second-order valence-electron chi connectivity index (χ2n) is 7.51. The van der Waals surface area contributed by atoms with Crippen molar-refractivity contribution in [2.24, 2.45) is 4.99 Å². The number of anilines is 2. The summed E-state index contributed by atoms with van der Waals surface area (Å²) in [5.74, 6) is 1.05. The molecule has 0 amide bonds. The molecule has 0 unspecified atom stereocenters. The molecule has 0 aromatic heterocycles. The van der Waals surface area contributed by atoms with Crippen LogP contribution in [0, 0.1) is 0 Å². The van der Waals surface area contributed by atoms with Crippen molar-refractivity contribution in [1.29, 1.82) is 0 Å². The molecule has 2 aromatic rings. The molecule has 1 spiro atoms. The number of fused-ring (bicyclic) bond motifs is 1. The van der Waals surface area contributed by atoms with E-state index in [0.717, 1.165) is 43.1 Å². The molecule has 2 aromatic carbocycles. The zero-order valence-corrected chi connectivity index (χ0v) is 18.1. The third kappa shape index (κ3) is 4.24. The number of piperidine rings is 1. The maximum Gasteiger partial charge on any atom is 0.130 e. The highest BCUT2D eigenvalue weighted by Crippen LogP contribution is 2.43. The van der Waals surface area contributed by atoms with Gasteiger partial charge in [-0.15, -0.1) is 0 Å². The predicted octanol–water partition coefficient (Wildman–Crippen LogP) is 4.59. The van der Waals surface area contributed by atoms with Crippen LogP contribution in [-0.2, 0) is 11.3 Å². The molecule has 7 heteroatoms. The van der Waals surface area contributed by atoms with Crippen LogP contribution in [0.4, 0.5) is 11.4 Å². The fraction of sp³-hybridized carbons (Fsp3) is 0.409. The van der Waals surface area contributed by atoms with Crippen LogP contribution in [0.25, 0.3) is 0 Å². The number of methoxy groups -OCH3 is 1. The molecule has 29 heavy (non-hydrogen) atoms. The summed E-state index contributed by atoms with van der Waals surface area (Å²) in [5, 5.41) is 8.34. The average Bonchev–Trinajstić information content (AvgIpc) is 2.74. The van der Waals surface area contributed by atoms with Crippen LogP contribution in [0.5, 0.6) is 0 Å². The van der Waals surface area contributed by atoms with Gasteiger partial charge < -0.3 is 20.3 Å². The summed E-state index contributed by atoms with van der Waals surface area (Å²) in [6.07, 6.45) is 1.90. The lowest BCUT2D eigenvalue weighted by Crippen LogP contribution is -2.62. The van der Waals surface area contributed by atoms with Gasteiger partial charge in [-0.1, -0.05) is 53.5 Å². The van der Waals surface area contributed by atoms with Gasteiger partial charge in [-0.05, 0) is 43.6 Å². The predicted molar refractivity (Wildman–Crippen MR) is 122 cm³/mol. The zero-order valence-electron chi connectivity index (χ0n) is 16.5. The molecule has 1 saturated heterocycles. The Kier molecular flexibility index (Phi) is 6.30. The van der Waals surface area contributed by atoms with Gasteiger partial charge in [0.1, 0.15) is 5.84 Å². The highest BCUT2D eigenvalue weighted by Gasteiger charge is 2.44. The maximum atomic E-state index is 6.38. The monoisotopic (exact) mass is 432 g/mol. The molecule has 0 aliphatic carbocycles. The number of benzene rings is 2. The summed E-state index contributed by atoms with van der Waals surface area (Å²) < 4.78 is 5.41. The van der Waals surface area contributed by atoms with Crippen LogP contribution in [0.1, 0.15) is 18.4 Å². The van der Waals surface area contributed by atoms with E-state index in [1.165, 1.54) is 5.56 Å². The van der Waals surface area contributed by atoms with Gasteiger partial charge in [0.15, 0.2) is 0 Å². The third-order valence-corrected chi connectivity index (χ3v) is 6.34. The summed E-state index contributed by atoms with van der Waals surface area (Å²) in [4.78, 5) is 7.39. The Morgan fingerprint density at radius 3 is 2.55 bits per heavy atom. The lowest BCUT2D eigenvalue weighted by Gasteiger charge is -2.49. The Morgan fingerprint density at radius 1 is 1.10 bits per heavy atom. The van der Waals surface area contributed by atoms with Crippen molar-refractivity contribution in [3.05, 3.63) is 58.1 Å². The summed E-state index contributed by atoms with van der Waals surface area (Å²) in [6.45, 7) is 3.80. The van der Waals surface area contributed by atoms with Crippen molar-refractivity contribution in [3.8, 4) is 0 Å². The Labute approximate surface area is 182 Å². The van der Waals surface area contributed by atoms with Crippen molar-refractivity contribution in [1.82, 2.24) is 5.32 Å². The van der Waals surface area contributed by atoms with Crippen LogP contribution in [-0.4, -0.2) is 44.7 Å². The molecular weight excluding hydrogens is 407 g/mol. The van der Waals surface area contributed by atoms with E-state index >= 15 is 0 Å². The number of aliphatic imine (C=N–C) groups is 1. The summed E-state index contributed by atoms with van der Waals surface area (Å²) in [7, 11) is 1.72. The molecule has 154 valence electrons. The molecule has 0 radical (unpaired) electrons. The van der Waals surface area contributed by atoms with E-state index in [1.807, 2.05) is 18.2 Å². The van der Waals surface area contributed by atoms with E-state index < -0.39 is 0 Å². The molecule has 2 aliphatic rings. The van der Waals surface area contributed by atoms with Crippen molar-refractivity contribution in [2.75, 3.05) is 43.6 Å². The molecule has 1 fully saturated rings. The molecule has 0 saturated carbocycles. The first-order chi connectivity index (χ1) is 14.1. The van der Waals surface area contributed by atoms with Crippen molar-refractivity contribution >= 4 is 40.4 Å². The minimum atomic E-state index is -0.238. The number of amidine groups is 1. The summed E-state index contributed by atoms with van der Waals surface area (Å²) >= 11 is 12.7. The lowest BCUT2D eigenvalue weighted by atomic mass is 9.83. The minimum Gasteiger partial charge on any atom is -0.383 e.